The molecule has 1 amide bonds. The summed E-state index contributed by atoms with van der Waals surface area (Å²) in [4.78, 5) is 32.7. The molecule has 9 nitrogen and oxygen atoms in total. The normalized spacial score (nSPS) is 23.1. The smallest absolute Gasteiger partial charge is 0.306 e. The summed E-state index contributed by atoms with van der Waals surface area (Å²) in [7, 11) is -3.66. The first kappa shape index (κ1) is 27.2. The van der Waals surface area contributed by atoms with Gasteiger partial charge < -0.3 is 14.9 Å². The van der Waals surface area contributed by atoms with Gasteiger partial charge in [0.05, 0.1) is 10.8 Å². The van der Waals surface area contributed by atoms with E-state index in [0.717, 1.165) is 35.7 Å². The van der Waals surface area contributed by atoms with Crippen molar-refractivity contribution in [2.75, 3.05) is 42.5 Å². The molecule has 2 aliphatic heterocycles. The van der Waals surface area contributed by atoms with Crippen molar-refractivity contribution in [1.29, 1.82) is 0 Å². The maximum atomic E-state index is 13.3. The molecule has 0 unspecified atom stereocenters. The summed E-state index contributed by atoms with van der Waals surface area (Å²) in [6, 6.07) is 10.4. The van der Waals surface area contributed by atoms with E-state index in [-0.39, 0.29) is 16.7 Å². The average molecular weight is 579 g/mol. The van der Waals surface area contributed by atoms with Gasteiger partial charge in [0.15, 0.2) is 0 Å². The predicted octanol–water partition coefficient (Wildman–Crippen LogP) is 4.11. The zero-order chi connectivity index (χ0) is 26.9. The Morgan fingerprint density at radius 3 is 2.29 bits per heavy atom. The van der Waals surface area contributed by atoms with Crippen LogP contribution in [0.1, 0.15) is 38.5 Å². The number of carboxylic acids is 1. The molecule has 0 bridgehead atoms. The molecule has 204 valence electrons. The lowest BCUT2D eigenvalue weighted by atomic mass is 9.89. The summed E-state index contributed by atoms with van der Waals surface area (Å²) in [6.45, 7) is 2.28. The van der Waals surface area contributed by atoms with Crippen LogP contribution < -0.4 is 9.80 Å². The topological polar surface area (TPSA) is 111 Å². The van der Waals surface area contributed by atoms with Gasteiger partial charge in [0, 0.05) is 55.0 Å². The molecule has 5 rings (SSSR count). The molecule has 38 heavy (non-hydrogen) atoms. The van der Waals surface area contributed by atoms with Crippen LogP contribution in [0.15, 0.2) is 46.2 Å². The Hall–Kier alpha value is -2.34. The lowest BCUT2D eigenvalue weighted by molar-refractivity contribution is -0.142. The number of aliphatic carboxylic acids is 1. The van der Waals surface area contributed by atoms with Gasteiger partial charge in [-0.05, 0) is 68.5 Å². The maximum absolute atomic E-state index is 13.3. The van der Waals surface area contributed by atoms with Crippen molar-refractivity contribution >= 4 is 56.8 Å². The predicted molar refractivity (Wildman–Crippen MR) is 147 cm³/mol. The van der Waals surface area contributed by atoms with Gasteiger partial charge in [0.1, 0.15) is 11.0 Å². The standard InChI is InChI=1S/C26H31ClN4O5S2/c27-23-16-21(37-20-7-3-18(4-8-20)26(33)34)17-24(28-23)29-12-14-30(15-13-29)38(35,36)22-9-5-19(6-10-22)31-11-1-2-25(31)32/h5-6,9-10,16-18,20H,1-4,7-8,11-15H2,(H,33,34). The lowest BCUT2D eigenvalue weighted by Crippen LogP contribution is -2.48. The third kappa shape index (κ3) is 5.95. The quantitative estimate of drug-likeness (QED) is 0.489. The minimum atomic E-state index is -3.66. The van der Waals surface area contributed by atoms with Crippen LogP contribution in [0.25, 0.3) is 0 Å². The number of amides is 1. The molecular formula is C26H31ClN4O5S2. The fourth-order valence-corrected chi connectivity index (χ4v) is 8.27. The van der Waals surface area contributed by atoms with Crippen LogP contribution in [0.5, 0.6) is 0 Å². The highest BCUT2D eigenvalue weighted by molar-refractivity contribution is 8.00. The van der Waals surface area contributed by atoms with Crippen molar-refractivity contribution in [3.8, 4) is 0 Å². The van der Waals surface area contributed by atoms with Crippen molar-refractivity contribution in [1.82, 2.24) is 9.29 Å². The van der Waals surface area contributed by atoms with E-state index in [1.807, 2.05) is 17.0 Å². The molecule has 2 saturated heterocycles. The Morgan fingerprint density at radius 2 is 1.68 bits per heavy atom. The van der Waals surface area contributed by atoms with E-state index in [1.54, 1.807) is 40.9 Å². The largest absolute Gasteiger partial charge is 0.481 e. The van der Waals surface area contributed by atoms with Gasteiger partial charge in [-0.2, -0.15) is 4.31 Å². The number of carbonyl (C=O) groups excluding carboxylic acids is 1. The molecular weight excluding hydrogens is 548 g/mol. The van der Waals surface area contributed by atoms with Crippen molar-refractivity contribution in [2.45, 2.75) is 53.6 Å². The van der Waals surface area contributed by atoms with Crippen LogP contribution in [0.4, 0.5) is 11.5 Å². The van der Waals surface area contributed by atoms with Crippen LogP contribution in [-0.4, -0.2) is 72.7 Å². The van der Waals surface area contributed by atoms with Gasteiger partial charge in [-0.3, -0.25) is 9.59 Å². The Labute approximate surface area is 232 Å². The molecule has 2 aromatic rings. The summed E-state index contributed by atoms with van der Waals surface area (Å²) >= 11 is 8.05. The highest BCUT2D eigenvalue weighted by Gasteiger charge is 2.31. The Balaban J connectivity index is 1.20. The number of hydrogen-bond donors (Lipinski definition) is 1. The van der Waals surface area contributed by atoms with Crippen molar-refractivity contribution < 1.29 is 23.1 Å². The number of anilines is 2. The fourth-order valence-electron chi connectivity index (χ4n) is 5.34. The number of hydrogen-bond acceptors (Lipinski definition) is 7. The number of halogens is 1. The van der Waals surface area contributed by atoms with Crippen LogP contribution in [0, 0.1) is 5.92 Å². The van der Waals surface area contributed by atoms with Gasteiger partial charge in [-0.1, -0.05) is 11.6 Å². The summed E-state index contributed by atoms with van der Waals surface area (Å²) < 4.78 is 28.0. The molecule has 3 aliphatic rings. The van der Waals surface area contributed by atoms with Crippen LogP contribution in [-0.2, 0) is 19.6 Å². The van der Waals surface area contributed by atoms with Gasteiger partial charge in [-0.25, -0.2) is 13.4 Å². The molecule has 1 N–H and O–H groups in total. The molecule has 0 radical (unpaired) electrons. The third-order valence-electron chi connectivity index (χ3n) is 7.50. The monoisotopic (exact) mass is 578 g/mol. The number of piperazine rings is 1. The van der Waals surface area contributed by atoms with E-state index < -0.39 is 16.0 Å². The number of carboxylic acid groups (broad SMARTS) is 1. The van der Waals surface area contributed by atoms with Crippen LogP contribution >= 0.6 is 23.4 Å². The number of benzene rings is 1. The maximum Gasteiger partial charge on any atom is 0.306 e. The number of aromatic nitrogens is 1. The highest BCUT2D eigenvalue weighted by atomic mass is 35.5. The van der Waals surface area contributed by atoms with E-state index in [4.69, 9.17) is 11.6 Å². The molecule has 3 heterocycles. The highest BCUT2D eigenvalue weighted by Crippen LogP contribution is 2.38. The number of thioether (sulfide) groups is 1. The molecule has 1 aliphatic carbocycles. The summed E-state index contributed by atoms with van der Waals surface area (Å²) in [5, 5.41) is 9.96. The summed E-state index contributed by atoms with van der Waals surface area (Å²) in [5.74, 6) is -0.169. The zero-order valence-corrected chi connectivity index (χ0v) is 23.3. The molecule has 0 spiro atoms. The van der Waals surface area contributed by atoms with Crippen molar-refractivity contribution in [3.05, 3.63) is 41.6 Å². The van der Waals surface area contributed by atoms with E-state index in [9.17, 15) is 23.1 Å². The first-order valence-corrected chi connectivity index (χ1v) is 15.6. The first-order chi connectivity index (χ1) is 18.2. The Bertz CT molecular complexity index is 1290. The van der Waals surface area contributed by atoms with Crippen LogP contribution in [0.2, 0.25) is 5.15 Å². The Kier molecular flexibility index (Phi) is 8.18. The third-order valence-corrected chi connectivity index (χ3v) is 10.9. The molecule has 1 saturated carbocycles. The molecule has 0 atom stereocenters. The fraction of sp³-hybridized carbons (Fsp3) is 0.500. The molecule has 3 fully saturated rings. The van der Waals surface area contributed by atoms with Gasteiger partial charge in [-0.15, -0.1) is 11.8 Å². The second kappa shape index (κ2) is 11.4. The number of nitrogens with zero attached hydrogens (tertiary/aromatic N) is 4. The van der Waals surface area contributed by atoms with E-state index in [1.165, 1.54) is 4.31 Å². The second-order valence-electron chi connectivity index (χ2n) is 9.95. The van der Waals surface area contributed by atoms with E-state index in [2.05, 4.69) is 4.98 Å². The SMILES string of the molecule is O=C(O)C1CCC(Sc2cc(Cl)nc(N3CCN(S(=O)(=O)c4ccc(N5CCCC5=O)cc4)CC3)c2)CC1. The Morgan fingerprint density at radius 1 is 1.00 bits per heavy atom. The summed E-state index contributed by atoms with van der Waals surface area (Å²) in [5.41, 5.74) is 0.729. The second-order valence-corrected chi connectivity index (χ2v) is 13.6. The molecule has 1 aromatic heterocycles. The van der Waals surface area contributed by atoms with Gasteiger partial charge >= 0.3 is 5.97 Å². The van der Waals surface area contributed by atoms with Gasteiger partial charge in [0.25, 0.3) is 0 Å². The zero-order valence-electron chi connectivity index (χ0n) is 21.0. The van der Waals surface area contributed by atoms with E-state index in [0.29, 0.717) is 62.4 Å². The van der Waals surface area contributed by atoms with Crippen molar-refractivity contribution in [3.63, 3.8) is 0 Å². The number of sulfonamides is 1. The van der Waals surface area contributed by atoms with Crippen LogP contribution in [0.3, 0.4) is 0 Å². The first-order valence-electron chi connectivity index (χ1n) is 12.9. The average Bonchev–Trinajstić information content (AvgIpc) is 3.34. The van der Waals surface area contributed by atoms with Crippen molar-refractivity contribution in [2.24, 2.45) is 5.92 Å². The van der Waals surface area contributed by atoms with E-state index >= 15 is 0 Å². The number of rotatable bonds is 7. The molecule has 12 heteroatoms. The number of carbonyl (C=O) groups is 2. The number of pyridine rings is 1. The molecule has 1 aromatic carbocycles. The minimum absolute atomic E-state index is 0.0680. The summed E-state index contributed by atoms with van der Waals surface area (Å²) in [6.07, 6.45) is 4.42. The van der Waals surface area contributed by atoms with Gasteiger partial charge in [0.2, 0.25) is 15.9 Å². The lowest BCUT2D eigenvalue weighted by Gasteiger charge is -2.35. The minimum Gasteiger partial charge on any atom is -0.481 e.